The molecule has 0 aliphatic carbocycles. The van der Waals surface area contributed by atoms with Gasteiger partial charge in [-0.15, -0.1) is 0 Å². The summed E-state index contributed by atoms with van der Waals surface area (Å²) in [4.78, 5) is 11.9. The van der Waals surface area contributed by atoms with Crippen LogP contribution in [0.3, 0.4) is 0 Å². The Hall–Kier alpha value is -1.10. The van der Waals surface area contributed by atoms with E-state index in [9.17, 15) is 4.79 Å². The summed E-state index contributed by atoms with van der Waals surface area (Å²) >= 11 is 2.31. The lowest BCUT2D eigenvalue weighted by Crippen LogP contribution is -2.25. The maximum atomic E-state index is 11.9. The molecule has 0 bridgehead atoms. The Labute approximate surface area is 192 Å². The Morgan fingerprint density at radius 1 is 0.862 bits per heavy atom. The van der Waals surface area contributed by atoms with Crippen molar-refractivity contribution in [3.8, 4) is 0 Å². The topological polar surface area (TPSA) is 29.1 Å². The van der Waals surface area contributed by atoms with Crippen molar-refractivity contribution in [3.05, 3.63) is 57.7 Å². The van der Waals surface area contributed by atoms with Gasteiger partial charge in [-0.1, -0.05) is 75.5 Å². The quantitative estimate of drug-likeness (QED) is 0.130. The number of hydrogen-bond donors (Lipinski definition) is 1. The fourth-order valence-corrected chi connectivity index (χ4v) is 3.54. The molecule has 0 fully saturated rings. The summed E-state index contributed by atoms with van der Waals surface area (Å²) in [6, 6.07) is 8.49. The molecule has 0 saturated carbocycles. The lowest BCUT2D eigenvalue weighted by atomic mass is 10.1. The largest absolute Gasteiger partial charge is 0.356 e. The van der Waals surface area contributed by atoms with Gasteiger partial charge in [0.1, 0.15) is 0 Å². The van der Waals surface area contributed by atoms with E-state index in [0.717, 1.165) is 32.2 Å². The van der Waals surface area contributed by atoms with Gasteiger partial charge in [0.05, 0.1) is 0 Å². The molecule has 0 aromatic heterocycles. The Morgan fingerprint density at radius 3 is 2.17 bits per heavy atom. The second kappa shape index (κ2) is 18.9. The normalized spacial score (nSPS) is 11.5. The minimum Gasteiger partial charge on any atom is -0.356 e. The number of rotatable bonds is 17. The van der Waals surface area contributed by atoms with Crippen LogP contribution in [0.1, 0.15) is 89.5 Å². The number of hydrogen-bond acceptors (Lipinski definition) is 1. The van der Waals surface area contributed by atoms with Gasteiger partial charge < -0.3 is 5.32 Å². The molecule has 0 atom stereocenters. The summed E-state index contributed by atoms with van der Waals surface area (Å²) < 4.78 is 1.25. The van der Waals surface area contributed by atoms with E-state index in [1.807, 2.05) is 0 Å². The number of benzene rings is 1. The second-order valence-electron chi connectivity index (χ2n) is 7.71. The monoisotopic (exact) mass is 509 g/mol. The van der Waals surface area contributed by atoms with Crippen LogP contribution in [0.25, 0.3) is 0 Å². The van der Waals surface area contributed by atoms with Crippen LogP contribution in [0.15, 0.2) is 48.6 Å². The second-order valence-corrected chi connectivity index (χ2v) is 8.95. The van der Waals surface area contributed by atoms with Crippen LogP contribution < -0.4 is 5.32 Å². The number of carbonyl (C=O) groups is 1. The van der Waals surface area contributed by atoms with E-state index in [-0.39, 0.29) is 5.91 Å². The molecule has 1 amide bonds. The summed E-state index contributed by atoms with van der Waals surface area (Å²) in [5, 5.41) is 3.04. The third-order valence-corrected chi connectivity index (χ3v) is 5.72. The third kappa shape index (κ3) is 16.4. The molecule has 1 aromatic carbocycles. The summed E-state index contributed by atoms with van der Waals surface area (Å²) in [7, 11) is 0. The van der Waals surface area contributed by atoms with Crippen LogP contribution in [0.4, 0.5) is 0 Å². The molecule has 3 heteroatoms. The summed E-state index contributed by atoms with van der Waals surface area (Å²) in [6.07, 6.45) is 24.2. The first kappa shape index (κ1) is 25.9. The van der Waals surface area contributed by atoms with Crippen molar-refractivity contribution < 1.29 is 4.79 Å². The van der Waals surface area contributed by atoms with Gasteiger partial charge in [-0.05, 0) is 85.2 Å². The van der Waals surface area contributed by atoms with Crippen LogP contribution in [0, 0.1) is 3.57 Å². The molecule has 0 aliphatic rings. The Kier molecular flexibility index (Phi) is 16.9. The SMILES string of the molecule is CCCCC/C=C\C/C=C\CCCCCCCC(=O)NCCc1ccc(I)cc1. The zero-order valence-corrected chi connectivity index (χ0v) is 20.5. The third-order valence-electron chi connectivity index (χ3n) is 5.00. The number of nitrogens with one attached hydrogen (secondary N) is 1. The molecule has 0 saturated heterocycles. The minimum atomic E-state index is 0.196. The van der Waals surface area contributed by atoms with Gasteiger partial charge in [0.25, 0.3) is 0 Å². The fraction of sp³-hybridized carbons (Fsp3) is 0.577. The lowest BCUT2D eigenvalue weighted by Gasteiger charge is -2.06. The zero-order chi connectivity index (χ0) is 21.0. The average Bonchev–Trinajstić information content (AvgIpc) is 2.72. The molecular weight excluding hydrogens is 469 g/mol. The van der Waals surface area contributed by atoms with E-state index in [0.29, 0.717) is 6.42 Å². The van der Waals surface area contributed by atoms with Crippen molar-refractivity contribution in [1.29, 1.82) is 0 Å². The van der Waals surface area contributed by atoms with Crippen molar-refractivity contribution in [1.82, 2.24) is 5.32 Å². The number of carbonyl (C=O) groups excluding carboxylic acids is 1. The van der Waals surface area contributed by atoms with Crippen molar-refractivity contribution >= 4 is 28.5 Å². The maximum absolute atomic E-state index is 11.9. The van der Waals surface area contributed by atoms with E-state index >= 15 is 0 Å². The highest BCUT2D eigenvalue weighted by molar-refractivity contribution is 14.1. The van der Waals surface area contributed by atoms with Gasteiger partial charge >= 0.3 is 0 Å². The molecule has 2 nitrogen and oxygen atoms in total. The lowest BCUT2D eigenvalue weighted by molar-refractivity contribution is -0.121. The molecule has 0 spiro atoms. The van der Waals surface area contributed by atoms with E-state index in [4.69, 9.17) is 0 Å². The number of amides is 1. The number of unbranched alkanes of at least 4 members (excludes halogenated alkanes) is 8. The predicted molar refractivity (Wildman–Crippen MR) is 135 cm³/mol. The van der Waals surface area contributed by atoms with Gasteiger partial charge in [0, 0.05) is 16.5 Å². The van der Waals surface area contributed by atoms with Crippen LogP contribution in [-0.4, -0.2) is 12.5 Å². The highest BCUT2D eigenvalue weighted by Gasteiger charge is 2.01. The van der Waals surface area contributed by atoms with Crippen molar-refractivity contribution in [3.63, 3.8) is 0 Å². The summed E-state index contributed by atoms with van der Waals surface area (Å²) in [5.74, 6) is 0.196. The molecule has 0 radical (unpaired) electrons. The van der Waals surface area contributed by atoms with Gasteiger partial charge in [0.15, 0.2) is 0 Å². The molecule has 0 heterocycles. The molecular formula is C26H40INO. The van der Waals surface area contributed by atoms with E-state index in [1.165, 1.54) is 60.5 Å². The number of allylic oxidation sites excluding steroid dienone is 4. The molecule has 0 unspecified atom stereocenters. The Bertz CT molecular complexity index is 577. The molecule has 1 aromatic rings. The highest BCUT2D eigenvalue weighted by atomic mass is 127. The van der Waals surface area contributed by atoms with Crippen LogP contribution in [-0.2, 0) is 11.2 Å². The highest BCUT2D eigenvalue weighted by Crippen LogP contribution is 2.09. The average molecular weight is 510 g/mol. The molecule has 0 aliphatic heterocycles. The van der Waals surface area contributed by atoms with Gasteiger partial charge in [0.2, 0.25) is 5.91 Å². The molecule has 1 N–H and O–H groups in total. The molecule has 29 heavy (non-hydrogen) atoms. The van der Waals surface area contributed by atoms with Gasteiger partial charge in [-0.25, -0.2) is 0 Å². The van der Waals surface area contributed by atoms with Crippen LogP contribution in [0.5, 0.6) is 0 Å². The van der Waals surface area contributed by atoms with Crippen molar-refractivity contribution in [2.45, 2.75) is 90.4 Å². The fourth-order valence-electron chi connectivity index (χ4n) is 3.18. The van der Waals surface area contributed by atoms with E-state index in [1.54, 1.807) is 0 Å². The maximum Gasteiger partial charge on any atom is 0.220 e. The van der Waals surface area contributed by atoms with Crippen molar-refractivity contribution in [2.75, 3.05) is 6.54 Å². The van der Waals surface area contributed by atoms with Crippen LogP contribution in [0.2, 0.25) is 0 Å². The van der Waals surface area contributed by atoms with Crippen molar-refractivity contribution in [2.24, 2.45) is 0 Å². The van der Waals surface area contributed by atoms with Gasteiger partial charge in [-0.2, -0.15) is 0 Å². The zero-order valence-electron chi connectivity index (χ0n) is 18.3. The van der Waals surface area contributed by atoms with Gasteiger partial charge in [-0.3, -0.25) is 4.79 Å². The predicted octanol–water partition coefficient (Wildman–Crippen LogP) is 7.76. The smallest absolute Gasteiger partial charge is 0.220 e. The minimum absolute atomic E-state index is 0.196. The first-order chi connectivity index (χ1) is 14.2. The molecule has 162 valence electrons. The molecule has 1 rings (SSSR count). The first-order valence-electron chi connectivity index (χ1n) is 11.5. The van der Waals surface area contributed by atoms with Crippen LogP contribution >= 0.6 is 22.6 Å². The summed E-state index contributed by atoms with van der Waals surface area (Å²) in [5.41, 5.74) is 1.28. The van der Waals surface area contributed by atoms with E-state index < -0.39 is 0 Å². The Balaban J connectivity index is 1.86. The number of halogens is 1. The first-order valence-corrected chi connectivity index (χ1v) is 12.6. The summed E-state index contributed by atoms with van der Waals surface area (Å²) in [6.45, 7) is 2.98. The van der Waals surface area contributed by atoms with E-state index in [2.05, 4.69) is 83.4 Å². The Morgan fingerprint density at radius 2 is 1.48 bits per heavy atom. The standard InChI is InChI=1S/C26H40INO/c1-2-3-4-5-6-7-8-9-10-11-12-13-14-15-16-17-26(29)28-23-22-24-18-20-25(27)21-19-24/h6-7,9-10,18-21H,2-5,8,11-17,22-23H2,1H3,(H,28,29)/b7-6-,10-9-.